The monoisotopic (exact) mass is 359 g/mol. The van der Waals surface area contributed by atoms with E-state index >= 15 is 0 Å². The third-order valence-corrected chi connectivity index (χ3v) is 5.57. The van der Waals surface area contributed by atoms with Gasteiger partial charge in [0.05, 0.1) is 22.7 Å². The second-order valence-corrected chi connectivity index (χ2v) is 7.15. The number of rotatable bonds is 5. The highest BCUT2D eigenvalue weighted by atomic mass is 35.5. The second-order valence-electron chi connectivity index (χ2n) is 4.44. The summed E-state index contributed by atoms with van der Waals surface area (Å²) in [6.45, 7) is 1.97. The molecule has 22 heavy (non-hydrogen) atoms. The molecule has 0 atom stereocenters. The normalized spacial score (nSPS) is 11.3. The lowest BCUT2D eigenvalue weighted by Gasteiger charge is -2.24. The van der Waals surface area contributed by atoms with Gasteiger partial charge >= 0.3 is 0 Å². The summed E-state index contributed by atoms with van der Waals surface area (Å²) in [5, 5.41) is 0.742. The summed E-state index contributed by atoms with van der Waals surface area (Å²) in [6, 6.07) is 10.9. The molecule has 0 heterocycles. The summed E-state index contributed by atoms with van der Waals surface area (Å²) in [7, 11) is -2.21. The van der Waals surface area contributed by atoms with Crippen molar-refractivity contribution in [3.8, 4) is 5.75 Å². The van der Waals surface area contributed by atoms with Crippen LogP contribution in [0.15, 0.2) is 47.4 Å². The summed E-state index contributed by atoms with van der Waals surface area (Å²) in [4.78, 5) is 0.159. The first-order valence-corrected chi connectivity index (χ1v) is 8.71. The quantitative estimate of drug-likeness (QED) is 0.802. The molecule has 0 bridgehead atoms. The van der Waals surface area contributed by atoms with E-state index in [1.54, 1.807) is 31.2 Å². The van der Waals surface area contributed by atoms with E-state index in [0.29, 0.717) is 21.5 Å². The predicted octanol–water partition coefficient (Wildman–Crippen LogP) is 4.22. The van der Waals surface area contributed by atoms with Gasteiger partial charge in [-0.15, -0.1) is 0 Å². The Bertz CT molecular complexity index is 761. The Morgan fingerprint density at radius 1 is 1.09 bits per heavy atom. The molecule has 7 heteroatoms. The zero-order chi connectivity index (χ0) is 16.3. The molecule has 2 aromatic carbocycles. The highest BCUT2D eigenvalue weighted by molar-refractivity contribution is 7.92. The lowest BCUT2D eigenvalue weighted by atomic mass is 10.3. The van der Waals surface area contributed by atoms with E-state index in [2.05, 4.69) is 0 Å². The third kappa shape index (κ3) is 3.32. The Kier molecular flexibility index (Phi) is 5.21. The molecule has 0 aromatic heterocycles. The van der Waals surface area contributed by atoms with Crippen molar-refractivity contribution in [2.45, 2.75) is 11.8 Å². The van der Waals surface area contributed by atoms with Gasteiger partial charge in [0.1, 0.15) is 5.75 Å². The van der Waals surface area contributed by atoms with Crippen LogP contribution in [0, 0.1) is 0 Å². The summed E-state index contributed by atoms with van der Waals surface area (Å²) in [6.07, 6.45) is 0. The second kappa shape index (κ2) is 6.77. The molecule has 0 saturated carbocycles. The highest BCUT2D eigenvalue weighted by Crippen LogP contribution is 2.33. The maximum atomic E-state index is 12.8. The van der Waals surface area contributed by atoms with Crippen molar-refractivity contribution in [1.82, 2.24) is 0 Å². The molecule has 2 aromatic rings. The Morgan fingerprint density at radius 2 is 1.73 bits per heavy atom. The smallest absolute Gasteiger partial charge is 0.264 e. The van der Waals surface area contributed by atoms with Crippen molar-refractivity contribution >= 4 is 38.9 Å². The number of nitrogens with zero attached hydrogens (tertiary/aromatic N) is 1. The van der Waals surface area contributed by atoms with E-state index in [0.717, 1.165) is 0 Å². The van der Waals surface area contributed by atoms with E-state index in [-0.39, 0.29) is 11.4 Å². The van der Waals surface area contributed by atoms with Crippen molar-refractivity contribution in [1.29, 1.82) is 0 Å². The molecule has 0 aliphatic heterocycles. The number of ether oxygens (including phenoxy) is 1. The van der Waals surface area contributed by atoms with E-state index in [1.807, 2.05) is 0 Å². The van der Waals surface area contributed by atoms with Crippen molar-refractivity contribution < 1.29 is 13.2 Å². The summed E-state index contributed by atoms with van der Waals surface area (Å²) >= 11 is 12.1. The van der Waals surface area contributed by atoms with Gasteiger partial charge in [-0.05, 0) is 49.4 Å². The maximum absolute atomic E-state index is 12.8. The molecular weight excluding hydrogens is 345 g/mol. The van der Waals surface area contributed by atoms with Gasteiger partial charge in [-0.25, -0.2) is 8.42 Å². The van der Waals surface area contributed by atoms with Crippen molar-refractivity contribution in [3.63, 3.8) is 0 Å². The molecule has 0 fully saturated rings. The number of anilines is 1. The third-order valence-electron chi connectivity index (χ3n) is 3.11. The van der Waals surface area contributed by atoms with E-state index in [9.17, 15) is 8.42 Å². The molecule has 0 aliphatic rings. The Balaban J connectivity index is 2.50. The molecule has 0 amide bonds. The van der Waals surface area contributed by atoms with Gasteiger partial charge in [-0.1, -0.05) is 23.2 Å². The minimum Gasteiger partial charge on any atom is -0.497 e. The topological polar surface area (TPSA) is 46.6 Å². The van der Waals surface area contributed by atoms with Gasteiger partial charge in [0.15, 0.2) is 0 Å². The molecule has 0 saturated heterocycles. The van der Waals surface area contributed by atoms with Gasteiger partial charge in [-0.3, -0.25) is 4.31 Å². The molecule has 2 rings (SSSR count). The first-order valence-electron chi connectivity index (χ1n) is 6.52. The number of hydrogen-bond donors (Lipinski definition) is 0. The fourth-order valence-corrected chi connectivity index (χ4v) is 3.94. The van der Waals surface area contributed by atoms with E-state index in [1.165, 1.54) is 29.6 Å². The minimum atomic E-state index is -3.73. The highest BCUT2D eigenvalue weighted by Gasteiger charge is 2.25. The van der Waals surface area contributed by atoms with Gasteiger partial charge in [0, 0.05) is 11.6 Å². The van der Waals surface area contributed by atoms with E-state index < -0.39 is 10.0 Å². The Morgan fingerprint density at radius 3 is 2.27 bits per heavy atom. The fraction of sp³-hybridized carbons (Fsp3) is 0.200. The summed E-state index contributed by atoms with van der Waals surface area (Å²) in [5.74, 6) is 0.586. The van der Waals surface area contributed by atoms with Crippen LogP contribution in [-0.4, -0.2) is 22.1 Å². The zero-order valence-corrected chi connectivity index (χ0v) is 14.4. The van der Waals surface area contributed by atoms with E-state index in [4.69, 9.17) is 27.9 Å². The Hall–Kier alpha value is -1.43. The number of methoxy groups -OCH3 is 1. The molecular formula is C15H15Cl2NO3S. The van der Waals surface area contributed by atoms with Gasteiger partial charge in [0.2, 0.25) is 0 Å². The van der Waals surface area contributed by atoms with Crippen LogP contribution in [-0.2, 0) is 10.0 Å². The SMILES string of the molecule is CCN(c1cc(Cl)ccc1Cl)S(=O)(=O)c1ccc(OC)cc1. The van der Waals surface area contributed by atoms with Gasteiger partial charge < -0.3 is 4.74 Å². The largest absolute Gasteiger partial charge is 0.497 e. The number of benzene rings is 2. The number of halogens is 2. The van der Waals surface area contributed by atoms with Crippen LogP contribution in [0.2, 0.25) is 10.0 Å². The lowest BCUT2D eigenvalue weighted by molar-refractivity contribution is 0.414. The number of sulfonamides is 1. The van der Waals surface area contributed by atoms with Crippen molar-refractivity contribution in [3.05, 3.63) is 52.5 Å². The molecule has 0 aliphatic carbocycles. The zero-order valence-electron chi connectivity index (χ0n) is 12.1. The van der Waals surface area contributed by atoms with Crippen LogP contribution < -0.4 is 9.04 Å². The average Bonchev–Trinajstić information content (AvgIpc) is 2.51. The van der Waals surface area contributed by atoms with Crippen LogP contribution in [0.3, 0.4) is 0 Å². The predicted molar refractivity (Wildman–Crippen MR) is 89.7 cm³/mol. The molecule has 0 N–H and O–H groups in total. The van der Waals surface area contributed by atoms with Crippen LogP contribution in [0.4, 0.5) is 5.69 Å². The summed E-state index contributed by atoms with van der Waals surface area (Å²) < 4.78 is 31.9. The van der Waals surface area contributed by atoms with Gasteiger partial charge in [-0.2, -0.15) is 0 Å². The molecule has 4 nitrogen and oxygen atoms in total. The first kappa shape index (κ1) is 16.9. The fourth-order valence-electron chi connectivity index (χ4n) is 2.02. The summed E-state index contributed by atoms with van der Waals surface area (Å²) in [5.41, 5.74) is 0.354. The average molecular weight is 360 g/mol. The maximum Gasteiger partial charge on any atom is 0.264 e. The molecule has 0 radical (unpaired) electrons. The lowest BCUT2D eigenvalue weighted by Crippen LogP contribution is -2.31. The van der Waals surface area contributed by atoms with Crippen LogP contribution >= 0.6 is 23.2 Å². The molecule has 0 spiro atoms. The molecule has 118 valence electrons. The Labute approximate surface area is 140 Å². The number of hydrogen-bond acceptors (Lipinski definition) is 3. The standard InChI is InChI=1S/C15H15Cl2NO3S/c1-3-18(15-10-11(16)4-9-14(15)17)22(19,20)13-7-5-12(21-2)6-8-13/h4-10H,3H2,1-2H3. The van der Waals surface area contributed by atoms with Crippen LogP contribution in [0.5, 0.6) is 5.75 Å². The van der Waals surface area contributed by atoms with Crippen molar-refractivity contribution in [2.24, 2.45) is 0 Å². The van der Waals surface area contributed by atoms with Gasteiger partial charge in [0.25, 0.3) is 10.0 Å². The van der Waals surface area contributed by atoms with Crippen LogP contribution in [0.25, 0.3) is 0 Å². The van der Waals surface area contributed by atoms with Crippen LogP contribution in [0.1, 0.15) is 6.92 Å². The first-order chi connectivity index (χ1) is 10.4. The minimum absolute atomic E-state index is 0.159. The molecule has 0 unspecified atom stereocenters. The van der Waals surface area contributed by atoms with Crippen molar-refractivity contribution in [2.75, 3.05) is 18.0 Å².